The maximum Gasteiger partial charge on any atom is 0.328 e. The average Bonchev–Trinajstić information content (AvgIpc) is 3.15. The van der Waals surface area contributed by atoms with E-state index in [0.717, 1.165) is 12.8 Å². The molecule has 1 aliphatic heterocycles. The molecule has 0 radical (unpaired) electrons. The molecule has 0 aromatic rings. The van der Waals surface area contributed by atoms with Crippen LogP contribution in [-0.4, -0.2) is 48.9 Å². The Morgan fingerprint density at radius 2 is 1.52 bits per heavy atom. The summed E-state index contributed by atoms with van der Waals surface area (Å²) in [6.45, 7) is 2.96. The lowest BCUT2D eigenvalue weighted by molar-refractivity contribution is -0.150. The van der Waals surface area contributed by atoms with E-state index in [-0.39, 0.29) is 19.1 Å². The highest BCUT2D eigenvalue weighted by Gasteiger charge is 2.28. The van der Waals surface area contributed by atoms with Crippen molar-refractivity contribution in [1.82, 2.24) is 5.32 Å². The van der Waals surface area contributed by atoms with E-state index in [1.54, 1.807) is 0 Å². The molecule has 170 valence electrons. The van der Waals surface area contributed by atoms with Gasteiger partial charge < -0.3 is 19.9 Å². The summed E-state index contributed by atoms with van der Waals surface area (Å²) in [4.78, 5) is 22.8. The van der Waals surface area contributed by atoms with Crippen LogP contribution in [0.5, 0.6) is 0 Å². The maximum atomic E-state index is 11.7. The predicted molar refractivity (Wildman–Crippen MR) is 115 cm³/mol. The molecule has 0 saturated carbocycles. The van der Waals surface area contributed by atoms with Gasteiger partial charge in [-0.05, 0) is 12.8 Å². The molecule has 1 unspecified atom stereocenters. The van der Waals surface area contributed by atoms with E-state index in [9.17, 15) is 14.7 Å². The van der Waals surface area contributed by atoms with Gasteiger partial charge in [0.2, 0.25) is 5.91 Å². The highest BCUT2D eigenvalue weighted by molar-refractivity contribution is 5.88. The van der Waals surface area contributed by atoms with Crippen molar-refractivity contribution in [2.24, 2.45) is 0 Å². The van der Waals surface area contributed by atoms with Crippen LogP contribution in [0.3, 0.4) is 0 Å². The van der Waals surface area contributed by atoms with Gasteiger partial charge in [-0.2, -0.15) is 0 Å². The molecule has 1 heterocycles. The molecular formula is C23H43NO5. The fourth-order valence-corrected chi connectivity index (χ4v) is 3.56. The lowest BCUT2D eigenvalue weighted by Gasteiger charge is -2.14. The summed E-state index contributed by atoms with van der Waals surface area (Å²) in [6, 6.07) is -0.568. The van der Waals surface area contributed by atoms with Gasteiger partial charge in [0.05, 0.1) is 6.61 Å². The Labute approximate surface area is 177 Å². The van der Waals surface area contributed by atoms with E-state index in [4.69, 9.17) is 9.47 Å². The van der Waals surface area contributed by atoms with Crippen LogP contribution >= 0.6 is 0 Å². The topological polar surface area (TPSA) is 84.9 Å². The van der Waals surface area contributed by atoms with Gasteiger partial charge in [0.1, 0.15) is 18.8 Å². The lowest BCUT2D eigenvalue weighted by Crippen LogP contribution is -2.36. The summed E-state index contributed by atoms with van der Waals surface area (Å²) in [5.41, 5.74) is 0. The average molecular weight is 414 g/mol. The molecule has 6 nitrogen and oxygen atoms in total. The van der Waals surface area contributed by atoms with E-state index >= 15 is 0 Å². The number of aliphatic hydroxyl groups excluding tert-OH is 1. The Balaban J connectivity index is 1.79. The summed E-state index contributed by atoms with van der Waals surface area (Å²) in [7, 11) is 0. The van der Waals surface area contributed by atoms with Crippen molar-refractivity contribution in [3.8, 4) is 0 Å². The molecule has 0 aromatic carbocycles. The molecule has 1 aliphatic rings. The largest absolute Gasteiger partial charge is 0.461 e. The first-order valence-corrected chi connectivity index (χ1v) is 11.8. The minimum atomic E-state index is -0.821. The molecule has 1 rings (SSSR count). The first-order valence-electron chi connectivity index (χ1n) is 11.8. The Hall–Kier alpha value is -1.14. The third kappa shape index (κ3) is 14.5. The zero-order valence-electron chi connectivity index (χ0n) is 18.5. The standard InChI is InChI=1S/C23H43NO5/c1-2-3-4-5-6-7-8-9-10-11-12-13-14-17-28-18-20(25)19-29-23(27)21-15-16-22(26)24-21/h20-21,25H,2-19H2,1H3,(H,24,26)/t20?,21-/m0/s1. The molecule has 0 bridgehead atoms. The number of rotatable bonds is 19. The zero-order valence-corrected chi connectivity index (χ0v) is 18.5. The summed E-state index contributed by atoms with van der Waals surface area (Å²) in [5.74, 6) is -0.611. The Morgan fingerprint density at radius 3 is 2.03 bits per heavy atom. The van der Waals surface area contributed by atoms with Crippen LogP contribution in [0.15, 0.2) is 0 Å². The molecule has 0 aromatic heterocycles. The summed E-state index contributed by atoms with van der Waals surface area (Å²) in [5, 5.41) is 12.4. The first kappa shape index (κ1) is 25.9. The van der Waals surface area contributed by atoms with Crippen molar-refractivity contribution in [3.05, 3.63) is 0 Å². The predicted octanol–water partition coefficient (Wildman–Crippen LogP) is 4.28. The van der Waals surface area contributed by atoms with Crippen LogP contribution in [-0.2, 0) is 19.1 Å². The molecule has 2 atom stereocenters. The monoisotopic (exact) mass is 413 g/mol. The molecule has 1 amide bonds. The molecule has 29 heavy (non-hydrogen) atoms. The second-order valence-electron chi connectivity index (χ2n) is 8.26. The third-order valence-electron chi connectivity index (χ3n) is 5.40. The normalized spacial score (nSPS) is 17.3. The number of carbonyl (C=O) groups is 2. The van der Waals surface area contributed by atoms with Crippen LogP contribution in [0.2, 0.25) is 0 Å². The van der Waals surface area contributed by atoms with Crippen LogP contribution in [0.4, 0.5) is 0 Å². The number of carbonyl (C=O) groups excluding carboxylic acids is 2. The number of amides is 1. The number of unbranched alkanes of at least 4 members (excludes halogenated alkanes) is 12. The fraction of sp³-hybridized carbons (Fsp3) is 0.913. The molecule has 0 spiro atoms. The highest BCUT2D eigenvalue weighted by atomic mass is 16.5. The maximum absolute atomic E-state index is 11.7. The summed E-state index contributed by atoms with van der Waals surface area (Å²) >= 11 is 0. The minimum Gasteiger partial charge on any atom is -0.461 e. The van der Waals surface area contributed by atoms with Crippen molar-refractivity contribution in [3.63, 3.8) is 0 Å². The second kappa shape index (κ2) is 17.7. The Bertz CT molecular complexity index is 429. The number of nitrogens with one attached hydrogen (secondary N) is 1. The number of hydrogen-bond acceptors (Lipinski definition) is 5. The van der Waals surface area contributed by atoms with Gasteiger partial charge in [0, 0.05) is 13.0 Å². The molecule has 6 heteroatoms. The van der Waals surface area contributed by atoms with Crippen LogP contribution < -0.4 is 5.32 Å². The van der Waals surface area contributed by atoms with Crippen molar-refractivity contribution >= 4 is 11.9 Å². The SMILES string of the molecule is CCCCCCCCCCCCCCCOCC(O)COC(=O)[C@@H]1CCC(=O)N1. The van der Waals surface area contributed by atoms with Crippen molar-refractivity contribution in [2.75, 3.05) is 19.8 Å². The molecule has 1 saturated heterocycles. The number of hydrogen-bond donors (Lipinski definition) is 2. The van der Waals surface area contributed by atoms with Crippen LogP contribution in [0.25, 0.3) is 0 Å². The van der Waals surface area contributed by atoms with E-state index in [2.05, 4.69) is 12.2 Å². The van der Waals surface area contributed by atoms with Crippen molar-refractivity contribution in [1.29, 1.82) is 0 Å². The first-order chi connectivity index (χ1) is 14.1. The number of ether oxygens (including phenoxy) is 2. The molecule has 1 fully saturated rings. The molecule has 2 N–H and O–H groups in total. The molecule has 0 aliphatic carbocycles. The Kier molecular flexibility index (Phi) is 15.8. The summed E-state index contributed by atoms with van der Waals surface area (Å²) < 4.78 is 10.5. The van der Waals surface area contributed by atoms with E-state index in [1.165, 1.54) is 70.6 Å². The van der Waals surface area contributed by atoms with E-state index in [1.807, 2.05) is 0 Å². The Morgan fingerprint density at radius 1 is 0.966 bits per heavy atom. The fourth-order valence-electron chi connectivity index (χ4n) is 3.56. The van der Waals surface area contributed by atoms with Gasteiger partial charge in [0.25, 0.3) is 0 Å². The van der Waals surface area contributed by atoms with Gasteiger partial charge in [-0.3, -0.25) is 4.79 Å². The highest BCUT2D eigenvalue weighted by Crippen LogP contribution is 2.12. The lowest BCUT2D eigenvalue weighted by atomic mass is 10.0. The summed E-state index contributed by atoms with van der Waals surface area (Å²) in [6.07, 6.45) is 17.1. The van der Waals surface area contributed by atoms with Crippen LogP contribution in [0.1, 0.15) is 103 Å². The zero-order chi connectivity index (χ0) is 21.2. The minimum absolute atomic E-state index is 0.0934. The van der Waals surface area contributed by atoms with E-state index in [0.29, 0.717) is 19.4 Å². The van der Waals surface area contributed by atoms with E-state index < -0.39 is 18.1 Å². The van der Waals surface area contributed by atoms with Crippen LogP contribution in [0, 0.1) is 0 Å². The van der Waals surface area contributed by atoms with Gasteiger partial charge >= 0.3 is 5.97 Å². The van der Waals surface area contributed by atoms with Gasteiger partial charge in [0.15, 0.2) is 0 Å². The van der Waals surface area contributed by atoms with Gasteiger partial charge in [-0.15, -0.1) is 0 Å². The second-order valence-corrected chi connectivity index (χ2v) is 8.26. The van der Waals surface area contributed by atoms with Gasteiger partial charge in [-0.25, -0.2) is 4.79 Å². The van der Waals surface area contributed by atoms with Crippen molar-refractivity contribution in [2.45, 2.75) is 115 Å². The van der Waals surface area contributed by atoms with Gasteiger partial charge in [-0.1, -0.05) is 84.0 Å². The smallest absolute Gasteiger partial charge is 0.328 e. The third-order valence-corrected chi connectivity index (χ3v) is 5.40. The molecular weight excluding hydrogens is 370 g/mol. The number of esters is 1. The quantitative estimate of drug-likeness (QED) is 0.244. The van der Waals surface area contributed by atoms with Crippen molar-refractivity contribution < 1.29 is 24.2 Å². The number of aliphatic hydroxyl groups is 1.